The third kappa shape index (κ3) is 3.70. The smallest absolute Gasteiger partial charge is 0.260 e. The van der Waals surface area contributed by atoms with Crippen molar-refractivity contribution in [1.82, 2.24) is 9.78 Å². The van der Waals surface area contributed by atoms with Crippen LogP contribution < -0.4 is 10.1 Å². The molecule has 1 N–H and O–H groups in total. The van der Waals surface area contributed by atoms with Crippen LogP contribution in [0.25, 0.3) is 5.69 Å². The van der Waals surface area contributed by atoms with Crippen LogP contribution in [0.4, 0.5) is 5.82 Å². The summed E-state index contributed by atoms with van der Waals surface area (Å²) in [7, 11) is -0.991. The zero-order valence-corrected chi connectivity index (χ0v) is 17.5. The second-order valence-corrected chi connectivity index (χ2v) is 8.54. The molecule has 0 bridgehead atoms. The van der Waals surface area contributed by atoms with E-state index >= 15 is 0 Å². The number of para-hydroxylation sites is 1. The summed E-state index contributed by atoms with van der Waals surface area (Å²) in [6.07, 6.45) is 0. The Hall–Kier alpha value is -2.93. The zero-order chi connectivity index (χ0) is 20.5. The van der Waals surface area contributed by atoms with Gasteiger partial charge in [-0.2, -0.15) is 5.10 Å². The van der Waals surface area contributed by atoms with Gasteiger partial charge in [-0.25, -0.2) is 4.68 Å². The number of carbonyl (C=O) groups excluding carboxylic acids is 1. The largest absolute Gasteiger partial charge is 0.493 e. The number of rotatable bonds is 5. The molecule has 2 aromatic carbocycles. The van der Waals surface area contributed by atoms with Crippen molar-refractivity contribution in [1.29, 1.82) is 0 Å². The van der Waals surface area contributed by atoms with Crippen LogP contribution in [0.15, 0.2) is 42.5 Å². The van der Waals surface area contributed by atoms with E-state index in [0.29, 0.717) is 35.2 Å². The molecule has 0 saturated heterocycles. The van der Waals surface area contributed by atoms with Gasteiger partial charge in [0, 0.05) is 16.4 Å². The molecule has 0 aliphatic carbocycles. The van der Waals surface area contributed by atoms with Gasteiger partial charge in [0.05, 0.1) is 35.1 Å². The highest BCUT2D eigenvalue weighted by Crippen LogP contribution is 2.33. The highest BCUT2D eigenvalue weighted by atomic mass is 32.2. The van der Waals surface area contributed by atoms with E-state index < -0.39 is 10.8 Å². The van der Waals surface area contributed by atoms with E-state index in [4.69, 9.17) is 4.74 Å². The second-order valence-electron chi connectivity index (χ2n) is 7.09. The Labute approximate surface area is 172 Å². The van der Waals surface area contributed by atoms with Gasteiger partial charge in [-0.1, -0.05) is 29.8 Å². The minimum Gasteiger partial charge on any atom is -0.493 e. The number of amides is 1. The van der Waals surface area contributed by atoms with Crippen LogP contribution in [0.1, 0.15) is 39.7 Å². The van der Waals surface area contributed by atoms with Gasteiger partial charge in [-0.05, 0) is 44.5 Å². The van der Waals surface area contributed by atoms with Gasteiger partial charge in [0.15, 0.2) is 0 Å². The maximum atomic E-state index is 13.1. The molecule has 6 nitrogen and oxygen atoms in total. The first-order valence-electron chi connectivity index (χ1n) is 9.54. The van der Waals surface area contributed by atoms with Crippen molar-refractivity contribution in [2.24, 2.45) is 0 Å². The lowest BCUT2D eigenvalue weighted by molar-refractivity contribution is 0.102. The van der Waals surface area contributed by atoms with E-state index in [1.54, 1.807) is 22.9 Å². The number of hydrogen-bond donors (Lipinski definition) is 1. The maximum absolute atomic E-state index is 13.1. The topological polar surface area (TPSA) is 73.2 Å². The van der Waals surface area contributed by atoms with Gasteiger partial charge in [0.2, 0.25) is 0 Å². The number of aryl methyl sites for hydroxylation is 2. The first-order valence-corrected chi connectivity index (χ1v) is 11.0. The normalized spacial score (nSPS) is 15.2. The average Bonchev–Trinajstić information content (AvgIpc) is 3.19. The van der Waals surface area contributed by atoms with Crippen molar-refractivity contribution in [2.75, 3.05) is 11.9 Å². The SMILES string of the molecule is CCOc1ccccc1C(=O)Nc1c2c(nn1-c1ccc(C)cc1C)C[S@@](=O)C2. The summed E-state index contributed by atoms with van der Waals surface area (Å²) in [5, 5.41) is 7.70. The van der Waals surface area contributed by atoms with Gasteiger partial charge in [0.25, 0.3) is 5.91 Å². The van der Waals surface area contributed by atoms with Gasteiger partial charge in [-0.3, -0.25) is 9.00 Å². The average molecular weight is 410 g/mol. The van der Waals surface area contributed by atoms with Crippen LogP contribution in [-0.2, 0) is 22.3 Å². The highest BCUT2D eigenvalue weighted by Gasteiger charge is 2.29. The molecule has 0 saturated carbocycles. The molecule has 1 aromatic heterocycles. The molecular formula is C22H23N3O3S. The summed E-state index contributed by atoms with van der Waals surface area (Å²) >= 11 is 0. The number of ether oxygens (including phenoxy) is 1. The van der Waals surface area contributed by atoms with E-state index in [2.05, 4.69) is 16.5 Å². The number of anilines is 1. The monoisotopic (exact) mass is 409 g/mol. The molecule has 7 heteroatoms. The van der Waals surface area contributed by atoms with Crippen LogP contribution in [0.5, 0.6) is 5.75 Å². The fourth-order valence-electron chi connectivity index (χ4n) is 3.58. The molecule has 0 unspecified atom stereocenters. The predicted octanol–water partition coefficient (Wildman–Crippen LogP) is 3.90. The van der Waals surface area contributed by atoms with E-state index in [0.717, 1.165) is 28.1 Å². The van der Waals surface area contributed by atoms with Crippen LogP contribution >= 0.6 is 0 Å². The minimum absolute atomic E-state index is 0.277. The Morgan fingerprint density at radius 3 is 2.76 bits per heavy atom. The first-order chi connectivity index (χ1) is 14.0. The van der Waals surface area contributed by atoms with Gasteiger partial charge >= 0.3 is 0 Å². The molecular weight excluding hydrogens is 386 g/mol. The number of carbonyl (C=O) groups is 1. The fourth-order valence-corrected chi connectivity index (χ4v) is 4.85. The van der Waals surface area contributed by atoms with E-state index in [-0.39, 0.29) is 5.91 Å². The Bertz CT molecular complexity index is 1120. The van der Waals surface area contributed by atoms with Crippen LogP contribution in [0.3, 0.4) is 0 Å². The van der Waals surface area contributed by atoms with Crippen molar-refractivity contribution in [3.8, 4) is 11.4 Å². The predicted molar refractivity (Wildman–Crippen MR) is 114 cm³/mol. The second kappa shape index (κ2) is 7.83. The summed E-state index contributed by atoms with van der Waals surface area (Å²) in [4.78, 5) is 13.1. The lowest BCUT2D eigenvalue weighted by Crippen LogP contribution is -2.18. The van der Waals surface area contributed by atoms with Gasteiger partial charge in [0.1, 0.15) is 11.6 Å². The Morgan fingerprint density at radius 2 is 2.00 bits per heavy atom. The standard InChI is InChI=1S/C22H23N3O3S/c1-4-28-20-8-6-5-7-16(20)22(26)23-21-17-12-29(27)13-18(17)24-25(21)19-10-9-14(2)11-15(19)3/h5-11H,4,12-13H2,1-3H3,(H,23,26)/t29-/m0/s1. The number of fused-ring (bicyclic) bond motifs is 1. The minimum atomic E-state index is -0.991. The zero-order valence-electron chi connectivity index (χ0n) is 16.7. The van der Waals surface area contributed by atoms with Crippen molar-refractivity contribution in [3.63, 3.8) is 0 Å². The Balaban J connectivity index is 1.77. The molecule has 150 valence electrons. The summed E-state index contributed by atoms with van der Waals surface area (Å²) in [6, 6.07) is 13.2. The molecule has 4 rings (SSSR count). The third-order valence-electron chi connectivity index (χ3n) is 4.91. The van der Waals surface area contributed by atoms with Crippen molar-refractivity contribution in [3.05, 3.63) is 70.4 Å². The van der Waals surface area contributed by atoms with E-state index in [1.165, 1.54) is 0 Å². The third-order valence-corrected chi connectivity index (χ3v) is 6.12. The summed E-state index contributed by atoms with van der Waals surface area (Å²) in [6.45, 7) is 6.41. The fraction of sp³-hybridized carbons (Fsp3) is 0.273. The summed E-state index contributed by atoms with van der Waals surface area (Å²) < 4.78 is 19.5. The number of nitrogens with zero attached hydrogens (tertiary/aromatic N) is 2. The number of hydrogen-bond acceptors (Lipinski definition) is 4. The molecule has 3 aromatic rings. The van der Waals surface area contributed by atoms with Crippen molar-refractivity contribution < 1.29 is 13.7 Å². The summed E-state index contributed by atoms with van der Waals surface area (Å²) in [5.74, 6) is 1.63. The maximum Gasteiger partial charge on any atom is 0.260 e. The molecule has 0 fully saturated rings. The highest BCUT2D eigenvalue weighted by molar-refractivity contribution is 7.83. The molecule has 1 aliphatic rings. The molecule has 2 heterocycles. The first kappa shape index (κ1) is 19.4. The molecule has 29 heavy (non-hydrogen) atoms. The van der Waals surface area contributed by atoms with E-state index in [9.17, 15) is 9.00 Å². The van der Waals surface area contributed by atoms with Crippen LogP contribution in [0.2, 0.25) is 0 Å². The summed E-state index contributed by atoms with van der Waals surface area (Å²) in [5.41, 5.74) is 5.17. The number of benzene rings is 2. The quantitative estimate of drug-likeness (QED) is 0.694. The lowest BCUT2D eigenvalue weighted by atomic mass is 10.1. The molecule has 1 aliphatic heterocycles. The number of nitrogens with one attached hydrogen (secondary N) is 1. The molecule has 0 radical (unpaired) electrons. The van der Waals surface area contributed by atoms with Crippen LogP contribution in [0, 0.1) is 13.8 Å². The van der Waals surface area contributed by atoms with Gasteiger partial charge in [-0.15, -0.1) is 0 Å². The molecule has 1 atom stereocenters. The molecule has 0 spiro atoms. The van der Waals surface area contributed by atoms with Gasteiger partial charge < -0.3 is 10.1 Å². The Morgan fingerprint density at radius 1 is 1.21 bits per heavy atom. The Kier molecular flexibility index (Phi) is 5.24. The van der Waals surface area contributed by atoms with Crippen molar-refractivity contribution in [2.45, 2.75) is 32.3 Å². The lowest BCUT2D eigenvalue weighted by Gasteiger charge is -2.15. The molecule has 1 amide bonds. The van der Waals surface area contributed by atoms with Crippen molar-refractivity contribution >= 4 is 22.5 Å². The van der Waals surface area contributed by atoms with E-state index in [1.807, 2.05) is 39.0 Å². The number of aromatic nitrogens is 2. The van der Waals surface area contributed by atoms with Crippen LogP contribution in [-0.4, -0.2) is 26.5 Å².